The Morgan fingerprint density at radius 3 is 2.59 bits per heavy atom. The van der Waals surface area contributed by atoms with Crippen LogP contribution in [0.5, 0.6) is 0 Å². The Hall–Kier alpha value is -4.07. The minimum atomic E-state index is -2.80. The van der Waals surface area contributed by atoms with Gasteiger partial charge in [0.2, 0.25) is 0 Å². The number of anilines is 2. The van der Waals surface area contributed by atoms with Gasteiger partial charge in [-0.15, -0.1) is 0 Å². The summed E-state index contributed by atoms with van der Waals surface area (Å²) in [5, 5.41) is 22.2. The van der Waals surface area contributed by atoms with Crippen LogP contribution in [0.4, 0.5) is 20.3 Å². The molecule has 3 heterocycles. The summed E-state index contributed by atoms with van der Waals surface area (Å²) >= 11 is 0. The number of fused-ring (bicyclic) bond motifs is 1. The zero-order valence-electron chi connectivity index (χ0n) is 18.5. The molecule has 0 spiro atoms. The minimum Gasteiger partial charge on any atom is -0.478 e. The van der Waals surface area contributed by atoms with Gasteiger partial charge in [0.25, 0.3) is 11.5 Å². The Morgan fingerprint density at radius 2 is 1.94 bits per heavy atom. The van der Waals surface area contributed by atoms with Gasteiger partial charge in [0.15, 0.2) is 17.0 Å². The summed E-state index contributed by atoms with van der Waals surface area (Å²) in [5.41, 5.74) is 0.582. The quantitative estimate of drug-likeness (QED) is 0.584. The molecule has 1 aliphatic heterocycles. The fourth-order valence-corrected chi connectivity index (χ4v) is 4.04. The Balaban J connectivity index is 1.83. The van der Waals surface area contributed by atoms with Gasteiger partial charge in [-0.3, -0.25) is 14.2 Å². The highest BCUT2D eigenvalue weighted by molar-refractivity contribution is 5.94. The van der Waals surface area contributed by atoms with Crippen molar-refractivity contribution in [2.75, 3.05) is 23.3 Å². The largest absolute Gasteiger partial charge is 0.478 e. The second kappa shape index (κ2) is 8.70. The minimum absolute atomic E-state index is 0.0429. The van der Waals surface area contributed by atoms with Gasteiger partial charge in [-0.1, -0.05) is 12.1 Å². The van der Waals surface area contributed by atoms with E-state index in [0.29, 0.717) is 17.1 Å². The molecule has 4 rings (SSSR count). The maximum atomic E-state index is 13.7. The average molecular weight is 468 g/mol. The van der Waals surface area contributed by atoms with E-state index < -0.39 is 36.3 Å². The zero-order chi connectivity index (χ0) is 24.6. The molecule has 0 unspecified atom stereocenters. The fraction of sp³-hybridized carbons (Fsp3) is 0.348. The first-order chi connectivity index (χ1) is 16.1. The van der Waals surface area contributed by atoms with Crippen LogP contribution in [0.1, 0.15) is 53.1 Å². The lowest BCUT2D eigenvalue weighted by Gasteiger charge is -2.33. The molecular weight excluding hydrogens is 446 g/mol. The van der Waals surface area contributed by atoms with E-state index in [9.17, 15) is 28.7 Å². The molecule has 1 aromatic carbocycles. The molecule has 9 nitrogen and oxygen atoms in total. The van der Waals surface area contributed by atoms with E-state index in [0.717, 1.165) is 0 Å². The number of halogens is 2. The number of carboxylic acid groups (broad SMARTS) is 1. The van der Waals surface area contributed by atoms with E-state index in [-0.39, 0.29) is 35.7 Å². The summed E-state index contributed by atoms with van der Waals surface area (Å²) in [6.07, 6.45) is 0.658. The summed E-state index contributed by atoms with van der Waals surface area (Å²) in [6, 6.07) is 7.68. The van der Waals surface area contributed by atoms with Crippen molar-refractivity contribution in [2.24, 2.45) is 0 Å². The number of nitrogens with one attached hydrogen (secondary N) is 1. The topological polar surface area (TPSA) is 124 Å². The number of aromatic carboxylic acids is 1. The van der Waals surface area contributed by atoms with Crippen LogP contribution in [0.2, 0.25) is 0 Å². The van der Waals surface area contributed by atoms with Crippen LogP contribution in [0.3, 0.4) is 0 Å². The zero-order valence-corrected chi connectivity index (χ0v) is 18.5. The van der Waals surface area contributed by atoms with Gasteiger partial charge in [-0.05, 0) is 26.0 Å². The number of benzene rings is 1. The molecule has 0 saturated carbocycles. The van der Waals surface area contributed by atoms with Gasteiger partial charge in [0.1, 0.15) is 11.8 Å². The highest BCUT2D eigenvalue weighted by atomic mass is 19.3. The first-order valence-corrected chi connectivity index (χ1v) is 10.7. The number of aryl methyl sites for hydroxylation is 1. The van der Waals surface area contributed by atoms with Crippen molar-refractivity contribution in [3.8, 4) is 6.07 Å². The summed E-state index contributed by atoms with van der Waals surface area (Å²) in [6.45, 7) is 3.34. The molecule has 2 N–H and O–H groups in total. The second-order valence-corrected chi connectivity index (χ2v) is 8.25. The maximum absolute atomic E-state index is 13.7. The number of rotatable bonds is 5. The SMILES string of the molecule is Cc1cn2c(=O)c(C#N)c(N3CCC(F)(F)CC3)nc2c([C@H](C)Nc2ccccc2C(=O)O)n1. The third-order valence-corrected chi connectivity index (χ3v) is 5.78. The Bertz CT molecular complexity index is 1370. The van der Waals surface area contributed by atoms with Crippen LogP contribution in [0.25, 0.3) is 5.65 Å². The molecule has 11 heteroatoms. The van der Waals surface area contributed by atoms with Gasteiger partial charge < -0.3 is 15.3 Å². The van der Waals surface area contributed by atoms with Crippen LogP contribution in [0.15, 0.2) is 35.3 Å². The first kappa shape index (κ1) is 23.1. The molecule has 34 heavy (non-hydrogen) atoms. The lowest BCUT2D eigenvalue weighted by atomic mass is 10.1. The molecule has 0 radical (unpaired) electrons. The summed E-state index contributed by atoms with van der Waals surface area (Å²) in [7, 11) is 0. The predicted molar refractivity (Wildman–Crippen MR) is 121 cm³/mol. The number of aromatic nitrogens is 3. The van der Waals surface area contributed by atoms with Gasteiger partial charge >= 0.3 is 5.97 Å². The molecule has 1 atom stereocenters. The van der Waals surface area contributed by atoms with Gasteiger partial charge in [-0.25, -0.2) is 18.6 Å². The van der Waals surface area contributed by atoms with E-state index in [1.165, 1.54) is 21.6 Å². The number of para-hydroxylation sites is 1. The van der Waals surface area contributed by atoms with E-state index in [1.807, 2.05) is 6.07 Å². The van der Waals surface area contributed by atoms with Crippen molar-refractivity contribution in [3.05, 3.63) is 63.3 Å². The van der Waals surface area contributed by atoms with Crippen molar-refractivity contribution in [2.45, 2.75) is 38.7 Å². The fourth-order valence-electron chi connectivity index (χ4n) is 4.04. The molecule has 1 saturated heterocycles. The molecule has 0 amide bonds. The number of carboxylic acids is 1. The highest BCUT2D eigenvalue weighted by Gasteiger charge is 2.35. The summed E-state index contributed by atoms with van der Waals surface area (Å²) in [4.78, 5) is 35.4. The second-order valence-electron chi connectivity index (χ2n) is 8.25. The van der Waals surface area contributed by atoms with Crippen molar-refractivity contribution in [1.82, 2.24) is 14.4 Å². The van der Waals surface area contributed by atoms with E-state index in [1.54, 1.807) is 32.0 Å². The Morgan fingerprint density at radius 1 is 1.26 bits per heavy atom. The smallest absolute Gasteiger partial charge is 0.337 e. The van der Waals surface area contributed by atoms with E-state index in [2.05, 4.69) is 15.3 Å². The third kappa shape index (κ3) is 4.26. The molecular formula is C23H22F2N6O3. The molecule has 1 aliphatic rings. The number of hydrogen-bond acceptors (Lipinski definition) is 7. The lowest BCUT2D eigenvalue weighted by Crippen LogP contribution is -2.41. The highest BCUT2D eigenvalue weighted by Crippen LogP contribution is 2.31. The van der Waals surface area contributed by atoms with E-state index >= 15 is 0 Å². The lowest BCUT2D eigenvalue weighted by molar-refractivity contribution is -0.0221. The molecule has 3 aromatic rings. The normalized spacial score (nSPS) is 16.1. The third-order valence-electron chi connectivity index (χ3n) is 5.78. The molecule has 1 fully saturated rings. The van der Waals surface area contributed by atoms with Gasteiger partial charge in [0, 0.05) is 37.8 Å². The average Bonchev–Trinajstić information content (AvgIpc) is 2.79. The number of nitriles is 1. The standard InChI is InChI=1S/C23H22F2N6O3/c1-13-12-31-20(18(27-13)14(2)28-17-6-4-3-5-15(17)22(33)34)29-19(16(11-26)21(31)32)30-9-7-23(24,25)8-10-30/h3-6,12,14,28H,7-10H2,1-2H3,(H,33,34)/t14-/m0/s1. The first-order valence-electron chi connectivity index (χ1n) is 10.7. The van der Waals surface area contributed by atoms with Crippen LogP contribution in [0, 0.1) is 18.3 Å². The van der Waals surface area contributed by atoms with Crippen molar-refractivity contribution in [1.29, 1.82) is 5.26 Å². The Kier molecular flexibility index (Phi) is 5.91. The number of carbonyl (C=O) groups is 1. The number of piperidine rings is 1. The van der Waals surface area contributed by atoms with Gasteiger partial charge in [0.05, 0.1) is 17.3 Å². The summed E-state index contributed by atoms with van der Waals surface area (Å²) < 4.78 is 28.6. The van der Waals surface area contributed by atoms with Crippen LogP contribution in [-0.4, -0.2) is 44.5 Å². The number of alkyl halides is 2. The van der Waals surface area contributed by atoms with E-state index in [4.69, 9.17) is 0 Å². The molecule has 176 valence electrons. The van der Waals surface area contributed by atoms with Crippen LogP contribution in [-0.2, 0) is 0 Å². The predicted octanol–water partition coefficient (Wildman–Crippen LogP) is 3.38. The maximum Gasteiger partial charge on any atom is 0.337 e. The van der Waals surface area contributed by atoms with Crippen molar-refractivity contribution >= 4 is 23.1 Å². The van der Waals surface area contributed by atoms with Crippen LogP contribution >= 0.6 is 0 Å². The Labute approximate surface area is 193 Å². The number of nitrogens with zero attached hydrogens (tertiary/aromatic N) is 5. The molecule has 0 bridgehead atoms. The molecule has 0 aliphatic carbocycles. The van der Waals surface area contributed by atoms with Crippen LogP contribution < -0.4 is 15.8 Å². The van der Waals surface area contributed by atoms with Gasteiger partial charge in [-0.2, -0.15) is 5.26 Å². The summed E-state index contributed by atoms with van der Waals surface area (Å²) in [5.74, 6) is -3.85. The monoisotopic (exact) mass is 468 g/mol. The van der Waals surface area contributed by atoms with Crippen molar-refractivity contribution < 1.29 is 18.7 Å². The van der Waals surface area contributed by atoms with Crippen molar-refractivity contribution in [3.63, 3.8) is 0 Å². The molecule has 2 aromatic heterocycles. The number of hydrogen-bond donors (Lipinski definition) is 2.